The van der Waals surface area contributed by atoms with Gasteiger partial charge in [-0.05, 0) is 35.2 Å². The average molecular weight is 226 g/mol. The third kappa shape index (κ3) is 1.46. The summed E-state index contributed by atoms with van der Waals surface area (Å²) in [5.41, 5.74) is 8.01. The van der Waals surface area contributed by atoms with Gasteiger partial charge in [0.05, 0.1) is 0 Å². The van der Waals surface area contributed by atoms with Crippen LogP contribution in [0.1, 0.15) is 0 Å². The van der Waals surface area contributed by atoms with E-state index in [-0.39, 0.29) is 0 Å². The molecule has 1 aromatic carbocycles. The lowest BCUT2D eigenvalue weighted by Crippen LogP contribution is -1.88. The van der Waals surface area contributed by atoms with Crippen molar-refractivity contribution in [3.63, 3.8) is 0 Å². The van der Waals surface area contributed by atoms with E-state index in [1.807, 2.05) is 24.4 Å². The summed E-state index contributed by atoms with van der Waals surface area (Å²) in [4.78, 5) is 5.36. The molecular weight excluding hydrogens is 216 g/mol. The monoisotopic (exact) mass is 226 g/mol. The molecule has 0 saturated carbocycles. The van der Waals surface area contributed by atoms with Gasteiger partial charge in [-0.3, -0.25) is 4.98 Å². The van der Waals surface area contributed by atoms with Crippen molar-refractivity contribution in [1.82, 2.24) is 4.98 Å². The van der Waals surface area contributed by atoms with Crippen LogP contribution in [0.4, 0.5) is 5.69 Å². The fraction of sp³-hybridized carbons (Fsp3) is 0. The molecular formula is C13H10N2S. The molecule has 16 heavy (non-hydrogen) atoms. The van der Waals surface area contributed by atoms with Crippen molar-refractivity contribution < 1.29 is 0 Å². The van der Waals surface area contributed by atoms with E-state index in [2.05, 4.69) is 22.5 Å². The first kappa shape index (κ1) is 9.36. The molecule has 3 aromatic rings. The van der Waals surface area contributed by atoms with Gasteiger partial charge in [-0.15, -0.1) is 11.3 Å². The standard InChI is InChI=1S/C13H10N2S/c14-12-7-9(13-2-1-5-16-13)6-10-8-15-4-3-11(10)12/h1-8H,14H2. The normalized spacial score (nSPS) is 10.8. The van der Waals surface area contributed by atoms with Crippen LogP contribution in [-0.2, 0) is 0 Å². The van der Waals surface area contributed by atoms with Gasteiger partial charge in [0.2, 0.25) is 0 Å². The number of nitrogens with two attached hydrogens (primary N) is 1. The summed E-state index contributed by atoms with van der Waals surface area (Å²) >= 11 is 1.72. The predicted molar refractivity (Wildman–Crippen MR) is 69.5 cm³/mol. The van der Waals surface area contributed by atoms with Crippen LogP contribution < -0.4 is 5.73 Å². The van der Waals surface area contributed by atoms with Gasteiger partial charge in [-0.2, -0.15) is 0 Å². The number of benzene rings is 1. The molecule has 0 bridgehead atoms. The number of nitrogens with zero attached hydrogens (tertiary/aromatic N) is 1. The minimum atomic E-state index is 0.809. The van der Waals surface area contributed by atoms with Crippen molar-refractivity contribution in [3.8, 4) is 10.4 Å². The SMILES string of the molecule is Nc1cc(-c2cccs2)cc2cnccc12. The van der Waals surface area contributed by atoms with Gasteiger partial charge >= 0.3 is 0 Å². The Balaban J connectivity index is 2.29. The molecule has 78 valence electrons. The molecule has 2 N–H and O–H groups in total. The second kappa shape index (κ2) is 3.61. The number of hydrogen-bond acceptors (Lipinski definition) is 3. The Morgan fingerprint density at radius 1 is 1.19 bits per heavy atom. The Labute approximate surface area is 97.4 Å². The number of pyridine rings is 1. The largest absolute Gasteiger partial charge is 0.398 e. The highest BCUT2D eigenvalue weighted by Crippen LogP contribution is 2.31. The average Bonchev–Trinajstić information content (AvgIpc) is 2.82. The van der Waals surface area contributed by atoms with Crippen LogP contribution in [0.5, 0.6) is 0 Å². The Morgan fingerprint density at radius 3 is 2.94 bits per heavy atom. The topological polar surface area (TPSA) is 38.9 Å². The minimum Gasteiger partial charge on any atom is -0.398 e. The van der Waals surface area contributed by atoms with Crippen molar-refractivity contribution in [2.45, 2.75) is 0 Å². The summed E-state index contributed by atoms with van der Waals surface area (Å²) in [6.07, 6.45) is 3.62. The zero-order valence-corrected chi connectivity index (χ0v) is 9.37. The second-order valence-corrected chi connectivity index (χ2v) is 4.59. The van der Waals surface area contributed by atoms with Crippen LogP contribution in [-0.4, -0.2) is 4.98 Å². The van der Waals surface area contributed by atoms with Gasteiger partial charge in [0.15, 0.2) is 0 Å². The molecule has 0 saturated heterocycles. The van der Waals surface area contributed by atoms with Crippen LogP contribution in [0.25, 0.3) is 21.2 Å². The predicted octanol–water partition coefficient (Wildman–Crippen LogP) is 3.55. The summed E-state index contributed by atoms with van der Waals surface area (Å²) in [5, 5.41) is 4.22. The number of hydrogen-bond donors (Lipinski definition) is 1. The Kier molecular flexibility index (Phi) is 2.11. The maximum Gasteiger partial charge on any atom is 0.0401 e. The number of rotatable bonds is 1. The number of thiophene rings is 1. The lowest BCUT2D eigenvalue weighted by Gasteiger charge is -2.04. The van der Waals surface area contributed by atoms with Gasteiger partial charge in [0.1, 0.15) is 0 Å². The molecule has 0 spiro atoms. The van der Waals surface area contributed by atoms with Gasteiger partial charge in [-0.25, -0.2) is 0 Å². The lowest BCUT2D eigenvalue weighted by molar-refractivity contribution is 1.36. The summed E-state index contributed by atoms with van der Waals surface area (Å²) in [7, 11) is 0. The summed E-state index contributed by atoms with van der Waals surface area (Å²) in [6.45, 7) is 0. The number of aromatic nitrogens is 1. The van der Waals surface area contributed by atoms with E-state index in [4.69, 9.17) is 5.73 Å². The molecule has 0 amide bonds. The highest BCUT2D eigenvalue weighted by molar-refractivity contribution is 7.13. The van der Waals surface area contributed by atoms with E-state index in [9.17, 15) is 0 Å². The van der Waals surface area contributed by atoms with Crippen molar-refractivity contribution in [3.05, 3.63) is 48.1 Å². The van der Waals surface area contributed by atoms with E-state index in [0.717, 1.165) is 22.0 Å². The third-order valence-corrected chi connectivity index (χ3v) is 3.51. The van der Waals surface area contributed by atoms with Gasteiger partial charge in [0, 0.05) is 33.7 Å². The molecule has 3 heteroatoms. The quantitative estimate of drug-likeness (QED) is 0.644. The number of fused-ring (bicyclic) bond motifs is 1. The molecule has 0 aliphatic rings. The van der Waals surface area contributed by atoms with Crippen LogP contribution >= 0.6 is 11.3 Å². The molecule has 0 aliphatic carbocycles. The lowest BCUT2D eigenvalue weighted by atomic mass is 10.1. The summed E-state index contributed by atoms with van der Waals surface area (Å²) in [6, 6.07) is 10.2. The van der Waals surface area contributed by atoms with Crippen molar-refractivity contribution >= 4 is 27.8 Å². The van der Waals surface area contributed by atoms with Crippen molar-refractivity contribution in [2.24, 2.45) is 0 Å². The molecule has 0 unspecified atom stereocenters. The Morgan fingerprint density at radius 2 is 2.12 bits per heavy atom. The summed E-state index contributed by atoms with van der Waals surface area (Å²) in [5.74, 6) is 0. The summed E-state index contributed by atoms with van der Waals surface area (Å²) < 4.78 is 0. The van der Waals surface area contributed by atoms with Crippen molar-refractivity contribution in [1.29, 1.82) is 0 Å². The second-order valence-electron chi connectivity index (χ2n) is 3.64. The zero-order valence-electron chi connectivity index (χ0n) is 8.55. The van der Waals surface area contributed by atoms with E-state index in [0.29, 0.717) is 0 Å². The Hall–Kier alpha value is -1.87. The number of nitrogen functional groups attached to an aromatic ring is 1. The maximum atomic E-state index is 6.04. The van der Waals surface area contributed by atoms with Crippen molar-refractivity contribution in [2.75, 3.05) is 5.73 Å². The van der Waals surface area contributed by atoms with Gasteiger partial charge in [0.25, 0.3) is 0 Å². The number of anilines is 1. The molecule has 2 nitrogen and oxygen atoms in total. The molecule has 3 rings (SSSR count). The fourth-order valence-electron chi connectivity index (χ4n) is 1.82. The van der Waals surface area contributed by atoms with Crippen LogP contribution in [0, 0.1) is 0 Å². The van der Waals surface area contributed by atoms with E-state index < -0.39 is 0 Å². The van der Waals surface area contributed by atoms with Crippen LogP contribution in [0.3, 0.4) is 0 Å². The smallest absolute Gasteiger partial charge is 0.0401 e. The van der Waals surface area contributed by atoms with Gasteiger partial charge < -0.3 is 5.73 Å². The molecule has 0 aliphatic heterocycles. The van der Waals surface area contributed by atoms with Crippen LogP contribution in [0.2, 0.25) is 0 Å². The highest BCUT2D eigenvalue weighted by Gasteiger charge is 2.03. The molecule has 2 aromatic heterocycles. The van der Waals surface area contributed by atoms with Crippen LogP contribution in [0.15, 0.2) is 48.1 Å². The fourth-order valence-corrected chi connectivity index (χ4v) is 2.54. The Bertz CT molecular complexity index is 629. The van der Waals surface area contributed by atoms with E-state index in [1.165, 1.54) is 4.88 Å². The first-order valence-corrected chi connectivity index (χ1v) is 5.90. The van der Waals surface area contributed by atoms with Gasteiger partial charge in [-0.1, -0.05) is 6.07 Å². The molecule has 0 radical (unpaired) electrons. The maximum absolute atomic E-state index is 6.04. The molecule has 0 atom stereocenters. The first-order chi connectivity index (χ1) is 7.84. The van der Waals surface area contributed by atoms with E-state index >= 15 is 0 Å². The first-order valence-electron chi connectivity index (χ1n) is 5.02. The molecule has 2 heterocycles. The van der Waals surface area contributed by atoms with E-state index in [1.54, 1.807) is 17.5 Å². The minimum absolute atomic E-state index is 0.809. The molecule has 0 fully saturated rings. The highest BCUT2D eigenvalue weighted by atomic mass is 32.1. The third-order valence-electron chi connectivity index (χ3n) is 2.59. The zero-order chi connectivity index (χ0) is 11.0.